The second-order valence-electron chi connectivity index (χ2n) is 4.72. The molecule has 1 aromatic heterocycles. The summed E-state index contributed by atoms with van der Waals surface area (Å²) >= 11 is 0. The van der Waals surface area contributed by atoms with E-state index in [-0.39, 0.29) is 0 Å². The molecule has 94 valence electrons. The van der Waals surface area contributed by atoms with E-state index in [0.717, 1.165) is 24.5 Å². The summed E-state index contributed by atoms with van der Waals surface area (Å²) in [6.07, 6.45) is 5.52. The summed E-state index contributed by atoms with van der Waals surface area (Å²) in [7, 11) is 0. The second kappa shape index (κ2) is 4.90. The molecule has 0 atom stereocenters. The van der Waals surface area contributed by atoms with E-state index in [0.29, 0.717) is 0 Å². The first-order valence-electron chi connectivity index (χ1n) is 6.61. The third kappa shape index (κ3) is 2.04. The van der Waals surface area contributed by atoms with Crippen LogP contribution < -0.4 is 5.32 Å². The molecule has 0 radical (unpaired) electrons. The van der Waals surface area contributed by atoms with Gasteiger partial charge in [0.25, 0.3) is 0 Å². The van der Waals surface area contributed by atoms with Crippen LogP contribution in [0.4, 0.5) is 0 Å². The number of rotatable bonds is 4. The average molecular weight is 242 g/mol. The number of benzene rings is 1. The molecule has 1 heterocycles. The van der Waals surface area contributed by atoms with Crippen molar-refractivity contribution in [1.82, 2.24) is 20.3 Å². The Morgan fingerprint density at radius 3 is 3.06 bits per heavy atom. The Morgan fingerprint density at radius 1 is 1.28 bits per heavy atom. The lowest BCUT2D eigenvalue weighted by Crippen LogP contribution is -2.15. The fourth-order valence-corrected chi connectivity index (χ4v) is 2.54. The summed E-state index contributed by atoms with van der Waals surface area (Å²) in [6.45, 7) is 3.86. The van der Waals surface area contributed by atoms with Crippen molar-refractivity contribution in [2.45, 2.75) is 32.7 Å². The predicted molar refractivity (Wildman–Crippen MR) is 70.8 cm³/mol. The Balaban J connectivity index is 1.92. The molecule has 0 amide bonds. The van der Waals surface area contributed by atoms with Crippen LogP contribution in [0.15, 0.2) is 24.4 Å². The molecule has 0 saturated heterocycles. The third-order valence-electron chi connectivity index (χ3n) is 3.50. The van der Waals surface area contributed by atoms with Crippen LogP contribution in [-0.2, 0) is 19.4 Å². The Hall–Kier alpha value is -1.68. The monoisotopic (exact) mass is 242 g/mol. The van der Waals surface area contributed by atoms with Gasteiger partial charge in [0.1, 0.15) is 0 Å². The highest BCUT2D eigenvalue weighted by atomic mass is 15.4. The van der Waals surface area contributed by atoms with Crippen molar-refractivity contribution in [3.63, 3.8) is 0 Å². The van der Waals surface area contributed by atoms with Crippen molar-refractivity contribution in [3.05, 3.63) is 41.2 Å². The van der Waals surface area contributed by atoms with Gasteiger partial charge in [0.15, 0.2) is 0 Å². The van der Waals surface area contributed by atoms with Gasteiger partial charge < -0.3 is 5.32 Å². The molecule has 4 nitrogen and oxygen atoms in total. The third-order valence-corrected chi connectivity index (χ3v) is 3.50. The topological polar surface area (TPSA) is 42.7 Å². The van der Waals surface area contributed by atoms with E-state index in [1.54, 1.807) is 0 Å². The lowest BCUT2D eigenvalue weighted by molar-refractivity contribution is 0.672. The van der Waals surface area contributed by atoms with E-state index in [9.17, 15) is 0 Å². The standard InChI is InChI=1S/C14H18N4/c1-2-15-9-14-10-16-17-18(14)13-7-6-11-4-3-5-12(11)8-13/h6-8,10,15H,2-5,9H2,1H3. The first-order valence-corrected chi connectivity index (χ1v) is 6.61. The van der Waals surface area contributed by atoms with Crippen molar-refractivity contribution in [2.24, 2.45) is 0 Å². The van der Waals surface area contributed by atoms with Crippen LogP contribution in [0, 0.1) is 0 Å². The highest BCUT2D eigenvalue weighted by Gasteiger charge is 2.13. The number of fused-ring (bicyclic) bond motifs is 1. The maximum Gasteiger partial charge on any atom is 0.0783 e. The zero-order valence-electron chi connectivity index (χ0n) is 10.7. The summed E-state index contributed by atoms with van der Waals surface area (Å²) in [6, 6.07) is 6.64. The Bertz CT molecular complexity index is 544. The molecule has 2 aromatic rings. The summed E-state index contributed by atoms with van der Waals surface area (Å²) in [5.41, 5.74) is 5.19. The zero-order valence-corrected chi connectivity index (χ0v) is 10.7. The molecule has 0 unspecified atom stereocenters. The van der Waals surface area contributed by atoms with Gasteiger partial charge in [-0.2, -0.15) is 0 Å². The highest BCUT2D eigenvalue weighted by molar-refractivity contribution is 5.42. The molecule has 18 heavy (non-hydrogen) atoms. The summed E-state index contributed by atoms with van der Waals surface area (Å²) in [4.78, 5) is 0. The maximum absolute atomic E-state index is 4.19. The van der Waals surface area contributed by atoms with E-state index in [1.165, 1.54) is 30.4 Å². The van der Waals surface area contributed by atoms with Crippen molar-refractivity contribution in [3.8, 4) is 5.69 Å². The zero-order chi connectivity index (χ0) is 12.4. The van der Waals surface area contributed by atoms with Crippen molar-refractivity contribution < 1.29 is 0 Å². The Kier molecular flexibility index (Phi) is 3.11. The van der Waals surface area contributed by atoms with Crippen molar-refractivity contribution >= 4 is 0 Å². The fraction of sp³-hybridized carbons (Fsp3) is 0.429. The van der Waals surface area contributed by atoms with Gasteiger partial charge in [0.2, 0.25) is 0 Å². The number of aryl methyl sites for hydroxylation is 2. The number of hydrogen-bond donors (Lipinski definition) is 1. The van der Waals surface area contributed by atoms with Crippen LogP contribution >= 0.6 is 0 Å². The molecule has 4 heteroatoms. The minimum Gasteiger partial charge on any atom is -0.311 e. The lowest BCUT2D eigenvalue weighted by Gasteiger charge is -2.08. The van der Waals surface area contributed by atoms with Gasteiger partial charge in [-0.1, -0.05) is 18.2 Å². The normalized spacial score (nSPS) is 13.8. The fourth-order valence-electron chi connectivity index (χ4n) is 2.54. The smallest absolute Gasteiger partial charge is 0.0783 e. The quantitative estimate of drug-likeness (QED) is 0.890. The van der Waals surface area contributed by atoms with Crippen molar-refractivity contribution in [1.29, 1.82) is 0 Å². The molecule has 1 aliphatic rings. The SMILES string of the molecule is CCNCc1cnnn1-c1ccc2c(c1)CCC2. The predicted octanol–water partition coefficient (Wildman–Crippen LogP) is 1.87. The summed E-state index contributed by atoms with van der Waals surface area (Å²) < 4.78 is 1.93. The minimum absolute atomic E-state index is 0.806. The second-order valence-corrected chi connectivity index (χ2v) is 4.72. The first kappa shape index (κ1) is 11.4. The molecule has 1 N–H and O–H groups in total. The molecule has 3 rings (SSSR count). The summed E-state index contributed by atoms with van der Waals surface area (Å²) in [5, 5.41) is 11.5. The number of aromatic nitrogens is 3. The minimum atomic E-state index is 0.806. The van der Waals surface area contributed by atoms with Gasteiger partial charge in [-0.05, 0) is 49.1 Å². The van der Waals surface area contributed by atoms with Crippen LogP contribution in [0.3, 0.4) is 0 Å². The summed E-state index contributed by atoms with van der Waals surface area (Å²) in [5.74, 6) is 0. The van der Waals surface area contributed by atoms with E-state index in [4.69, 9.17) is 0 Å². The Labute approximate surface area is 107 Å². The van der Waals surface area contributed by atoms with Crippen LogP contribution in [0.25, 0.3) is 5.69 Å². The van der Waals surface area contributed by atoms with Gasteiger partial charge in [0, 0.05) is 6.54 Å². The van der Waals surface area contributed by atoms with Crippen LogP contribution in [0.5, 0.6) is 0 Å². The van der Waals surface area contributed by atoms with Crippen molar-refractivity contribution in [2.75, 3.05) is 6.54 Å². The van der Waals surface area contributed by atoms with E-state index < -0.39 is 0 Å². The van der Waals surface area contributed by atoms with Gasteiger partial charge in [-0.25, -0.2) is 4.68 Å². The Morgan fingerprint density at radius 2 is 2.17 bits per heavy atom. The largest absolute Gasteiger partial charge is 0.311 e. The molecular weight excluding hydrogens is 224 g/mol. The molecular formula is C14H18N4. The number of nitrogens with one attached hydrogen (secondary N) is 1. The molecule has 0 aliphatic heterocycles. The molecule has 0 fully saturated rings. The maximum atomic E-state index is 4.19. The average Bonchev–Trinajstić information content (AvgIpc) is 3.03. The van der Waals surface area contributed by atoms with Crippen LogP contribution in [-0.4, -0.2) is 21.5 Å². The number of hydrogen-bond acceptors (Lipinski definition) is 3. The molecule has 0 bridgehead atoms. The first-order chi connectivity index (χ1) is 8.88. The van der Waals surface area contributed by atoms with Gasteiger partial charge in [-0.3, -0.25) is 0 Å². The molecule has 0 saturated carbocycles. The van der Waals surface area contributed by atoms with Crippen LogP contribution in [0.2, 0.25) is 0 Å². The van der Waals surface area contributed by atoms with Gasteiger partial charge in [0.05, 0.1) is 17.6 Å². The highest BCUT2D eigenvalue weighted by Crippen LogP contribution is 2.24. The van der Waals surface area contributed by atoms with Gasteiger partial charge in [-0.15, -0.1) is 5.10 Å². The van der Waals surface area contributed by atoms with Gasteiger partial charge >= 0.3 is 0 Å². The lowest BCUT2D eigenvalue weighted by atomic mass is 10.1. The molecule has 1 aliphatic carbocycles. The number of nitrogens with zero attached hydrogens (tertiary/aromatic N) is 3. The van der Waals surface area contributed by atoms with Crippen LogP contribution in [0.1, 0.15) is 30.2 Å². The van der Waals surface area contributed by atoms with E-state index in [2.05, 4.69) is 40.8 Å². The molecule has 1 aromatic carbocycles. The molecule has 0 spiro atoms. The van der Waals surface area contributed by atoms with E-state index >= 15 is 0 Å². The van der Waals surface area contributed by atoms with E-state index in [1.807, 2.05) is 10.9 Å².